The first kappa shape index (κ1) is 26.9. The van der Waals surface area contributed by atoms with E-state index < -0.39 is 0 Å². The minimum Gasteiger partial charge on any atom is -0.466 e. The van der Waals surface area contributed by atoms with Crippen LogP contribution in [0.2, 0.25) is 0 Å². The van der Waals surface area contributed by atoms with E-state index in [4.69, 9.17) is 4.74 Å². The van der Waals surface area contributed by atoms with Crippen LogP contribution in [0.1, 0.15) is 44.4 Å². The Morgan fingerprint density at radius 2 is 1.59 bits per heavy atom. The van der Waals surface area contributed by atoms with Gasteiger partial charge in [-0.15, -0.1) is 23.1 Å². The molecular weight excluding hydrogens is 523 g/mol. The number of ether oxygens (including phenoxy) is 1. The molecule has 39 heavy (non-hydrogen) atoms. The van der Waals surface area contributed by atoms with E-state index in [2.05, 4.69) is 43.3 Å². The van der Waals surface area contributed by atoms with E-state index in [0.29, 0.717) is 22.6 Å². The molecule has 4 nitrogen and oxygen atoms in total. The third kappa shape index (κ3) is 5.82. The fourth-order valence-electron chi connectivity index (χ4n) is 4.64. The number of nitrogens with zero attached hydrogens (tertiary/aromatic N) is 1. The Hall–Kier alpha value is -3.74. The van der Waals surface area contributed by atoms with Gasteiger partial charge in [-0.25, -0.2) is 0 Å². The van der Waals surface area contributed by atoms with Gasteiger partial charge in [-0.2, -0.15) is 4.57 Å². The number of carbonyl (C=O) groups is 2. The highest BCUT2D eigenvalue weighted by molar-refractivity contribution is 8.00. The van der Waals surface area contributed by atoms with Crippen molar-refractivity contribution in [3.05, 3.63) is 124 Å². The molecule has 3 aromatic carbocycles. The Morgan fingerprint density at radius 3 is 2.33 bits per heavy atom. The molecule has 6 heteroatoms. The Balaban J connectivity index is 1.65. The molecule has 0 radical (unpaired) electrons. The number of hydrogen-bond donors (Lipinski definition) is 0. The van der Waals surface area contributed by atoms with Crippen molar-refractivity contribution in [3.8, 4) is 5.69 Å². The van der Waals surface area contributed by atoms with Crippen LogP contribution in [0, 0.1) is 13.8 Å². The van der Waals surface area contributed by atoms with Gasteiger partial charge in [0.1, 0.15) is 4.21 Å². The summed E-state index contributed by atoms with van der Waals surface area (Å²) in [5, 5.41) is 2.44. The average molecular weight is 553 g/mol. The van der Waals surface area contributed by atoms with Gasteiger partial charge >= 0.3 is 5.97 Å². The van der Waals surface area contributed by atoms with E-state index in [-0.39, 0.29) is 18.2 Å². The highest BCUT2D eigenvalue weighted by atomic mass is 32.2. The topological polar surface area (TPSA) is 47.3 Å². The summed E-state index contributed by atoms with van der Waals surface area (Å²) >= 11 is 3.17. The van der Waals surface area contributed by atoms with E-state index in [0.717, 1.165) is 21.2 Å². The van der Waals surface area contributed by atoms with Crippen molar-refractivity contribution in [2.45, 2.75) is 37.2 Å². The lowest BCUT2D eigenvalue weighted by molar-refractivity contribution is -0.598. The average Bonchev–Trinajstić information content (AvgIpc) is 3.30. The van der Waals surface area contributed by atoms with Gasteiger partial charge in [0.15, 0.2) is 12.4 Å². The van der Waals surface area contributed by atoms with E-state index in [1.807, 2.05) is 66.3 Å². The Labute approximate surface area is 237 Å². The normalized spacial score (nSPS) is 11.1. The summed E-state index contributed by atoms with van der Waals surface area (Å²) in [7, 11) is 0. The number of esters is 1. The van der Waals surface area contributed by atoms with Gasteiger partial charge in [-0.05, 0) is 48.2 Å². The number of aryl methyl sites for hydroxylation is 2. The van der Waals surface area contributed by atoms with Crippen LogP contribution in [0.5, 0.6) is 0 Å². The van der Waals surface area contributed by atoms with Crippen molar-refractivity contribution in [1.82, 2.24) is 0 Å². The molecule has 0 unspecified atom stereocenters. The van der Waals surface area contributed by atoms with E-state index in [1.54, 1.807) is 18.7 Å². The zero-order valence-electron chi connectivity index (χ0n) is 22.3. The van der Waals surface area contributed by atoms with Gasteiger partial charge in [-0.3, -0.25) is 9.59 Å². The molecule has 0 aliphatic heterocycles. The number of pyridine rings is 1. The molecule has 5 rings (SSSR count). The van der Waals surface area contributed by atoms with Crippen LogP contribution in [0.4, 0.5) is 0 Å². The summed E-state index contributed by atoms with van der Waals surface area (Å²) in [6.45, 7) is 6.27. The molecule has 0 aliphatic rings. The van der Waals surface area contributed by atoms with Crippen molar-refractivity contribution >= 4 is 45.6 Å². The van der Waals surface area contributed by atoms with Gasteiger partial charge < -0.3 is 4.74 Å². The van der Waals surface area contributed by atoms with Crippen molar-refractivity contribution in [1.29, 1.82) is 0 Å². The lowest BCUT2D eigenvalue weighted by atomic mass is 10.0. The van der Waals surface area contributed by atoms with Crippen molar-refractivity contribution < 1.29 is 18.9 Å². The number of thioether (sulfide) groups is 1. The molecule has 0 bridgehead atoms. The van der Waals surface area contributed by atoms with Crippen LogP contribution in [-0.4, -0.2) is 18.4 Å². The number of benzene rings is 3. The molecule has 0 saturated carbocycles. The van der Waals surface area contributed by atoms with Crippen LogP contribution in [0.25, 0.3) is 16.5 Å². The molecule has 0 spiro atoms. The monoisotopic (exact) mass is 552 g/mol. The zero-order valence-corrected chi connectivity index (χ0v) is 23.9. The predicted octanol–water partition coefficient (Wildman–Crippen LogP) is 7.42. The number of ketones is 1. The summed E-state index contributed by atoms with van der Waals surface area (Å²) in [6, 6.07) is 26.1. The maximum Gasteiger partial charge on any atom is 0.310 e. The van der Waals surface area contributed by atoms with Crippen LogP contribution in [-0.2, 0) is 21.7 Å². The fraction of sp³-hybridized carbons (Fsp3) is 0.182. The van der Waals surface area contributed by atoms with Crippen molar-refractivity contribution in [3.63, 3.8) is 0 Å². The largest absolute Gasteiger partial charge is 0.466 e. The van der Waals surface area contributed by atoms with Gasteiger partial charge in [0.05, 0.1) is 23.5 Å². The molecule has 196 valence electrons. The number of thiophene rings is 1. The standard InChI is InChI=1S/C33H30NO3S2/c1-4-37-29(35)20-27-30(34-18-16-22(2)17-19-34)33(39-32(27)31(36)25-11-6-5-7-12-25)38-21-28-23(3)14-15-24-10-8-9-13-26(24)28/h5-19H,4,20-21H2,1-3H3/q+1. The van der Waals surface area contributed by atoms with Gasteiger partial charge in [0.2, 0.25) is 11.5 Å². The summed E-state index contributed by atoms with van der Waals surface area (Å²) in [4.78, 5) is 27.2. The predicted molar refractivity (Wildman–Crippen MR) is 159 cm³/mol. The first-order valence-corrected chi connectivity index (χ1v) is 14.8. The highest BCUT2D eigenvalue weighted by Gasteiger charge is 2.31. The maximum atomic E-state index is 13.8. The maximum absolute atomic E-state index is 13.8. The van der Waals surface area contributed by atoms with Crippen molar-refractivity contribution in [2.24, 2.45) is 0 Å². The Morgan fingerprint density at radius 1 is 0.872 bits per heavy atom. The fourth-order valence-corrected chi connectivity index (χ4v) is 7.34. The molecule has 0 N–H and O–H groups in total. The molecule has 0 fully saturated rings. The molecule has 0 amide bonds. The van der Waals surface area contributed by atoms with E-state index in [9.17, 15) is 9.59 Å². The molecule has 0 atom stereocenters. The molecule has 2 heterocycles. The number of fused-ring (bicyclic) bond motifs is 1. The summed E-state index contributed by atoms with van der Waals surface area (Å²) < 4.78 is 8.36. The quantitative estimate of drug-likeness (QED) is 0.0826. The second-order valence-electron chi connectivity index (χ2n) is 9.38. The molecule has 2 aromatic heterocycles. The first-order valence-electron chi connectivity index (χ1n) is 13.0. The first-order chi connectivity index (χ1) is 19.0. The van der Waals surface area contributed by atoms with Gasteiger partial charge in [0, 0.05) is 23.4 Å². The minimum atomic E-state index is -0.340. The Bertz CT molecular complexity index is 1640. The molecule has 0 saturated heterocycles. The van der Waals surface area contributed by atoms with Crippen LogP contribution in [0.3, 0.4) is 0 Å². The minimum absolute atomic E-state index is 0.0301. The number of aromatic nitrogens is 1. The smallest absolute Gasteiger partial charge is 0.310 e. The van der Waals surface area contributed by atoms with Crippen molar-refractivity contribution in [2.75, 3.05) is 6.61 Å². The second kappa shape index (κ2) is 12.0. The summed E-state index contributed by atoms with van der Waals surface area (Å²) in [5.74, 6) is 0.320. The van der Waals surface area contributed by atoms with Crippen LogP contribution < -0.4 is 4.57 Å². The van der Waals surface area contributed by atoms with E-state index in [1.165, 1.54) is 33.2 Å². The summed E-state index contributed by atoms with van der Waals surface area (Å²) in [5.41, 5.74) is 5.82. The highest BCUT2D eigenvalue weighted by Crippen LogP contribution is 2.41. The molecule has 0 aliphatic carbocycles. The zero-order chi connectivity index (χ0) is 27.4. The number of rotatable bonds is 9. The third-order valence-electron chi connectivity index (χ3n) is 6.69. The van der Waals surface area contributed by atoms with Crippen LogP contribution in [0.15, 0.2) is 95.5 Å². The number of carbonyl (C=O) groups excluding carboxylic acids is 2. The Kier molecular flexibility index (Phi) is 8.24. The van der Waals surface area contributed by atoms with Gasteiger partial charge in [-0.1, -0.05) is 66.7 Å². The number of hydrogen-bond acceptors (Lipinski definition) is 5. The molecular formula is C33H30NO3S2+. The lowest BCUT2D eigenvalue weighted by Crippen LogP contribution is -2.31. The summed E-state index contributed by atoms with van der Waals surface area (Å²) in [6.07, 6.45) is 4.02. The molecule has 5 aromatic rings. The second-order valence-corrected chi connectivity index (χ2v) is 11.6. The lowest BCUT2D eigenvalue weighted by Gasteiger charge is -2.10. The van der Waals surface area contributed by atoms with Gasteiger partial charge in [0.25, 0.3) is 0 Å². The van der Waals surface area contributed by atoms with Crippen LogP contribution >= 0.6 is 23.1 Å². The SMILES string of the molecule is CCOC(=O)Cc1c(C(=O)c2ccccc2)sc(SCc2c(C)ccc3ccccc23)c1-[n+]1ccc(C)cc1. The van der Waals surface area contributed by atoms with E-state index >= 15 is 0 Å². The third-order valence-corrected chi connectivity index (χ3v) is 9.20.